The van der Waals surface area contributed by atoms with Crippen LogP contribution in [0.5, 0.6) is 0 Å². The first-order chi connectivity index (χ1) is 8.20. The number of nitrogens with zero attached hydrogens (tertiary/aromatic N) is 2. The lowest BCUT2D eigenvalue weighted by Crippen LogP contribution is -2.31. The van der Waals surface area contributed by atoms with Gasteiger partial charge in [0.25, 0.3) is 5.56 Å². The van der Waals surface area contributed by atoms with Crippen LogP contribution in [-0.2, 0) is 6.54 Å². The van der Waals surface area contributed by atoms with Crippen LogP contribution in [0, 0.1) is 5.92 Å². The molecule has 1 aromatic heterocycles. The standard InChI is InChI=1S/C13H21N3O/c1-3-16-9-8-14-12(13(16)17)15-11-6-4-10(2)5-7-11/h8-11H,3-7H2,1-2H3,(H,14,15). The zero-order valence-corrected chi connectivity index (χ0v) is 10.6. The fraction of sp³-hybridized carbons (Fsp3) is 0.692. The molecule has 0 amide bonds. The van der Waals surface area contributed by atoms with Crippen molar-refractivity contribution in [3.63, 3.8) is 0 Å². The van der Waals surface area contributed by atoms with E-state index in [1.165, 1.54) is 12.8 Å². The summed E-state index contributed by atoms with van der Waals surface area (Å²) in [5.41, 5.74) is -0.00591. The fourth-order valence-electron chi connectivity index (χ4n) is 2.39. The Kier molecular flexibility index (Phi) is 3.82. The lowest BCUT2D eigenvalue weighted by molar-refractivity contribution is 0.360. The second-order valence-electron chi connectivity index (χ2n) is 4.97. The molecule has 17 heavy (non-hydrogen) atoms. The first-order valence-electron chi connectivity index (χ1n) is 6.52. The van der Waals surface area contributed by atoms with Gasteiger partial charge in [0.05, 0.1) is 0 Å². The number of nitrogens with one attached hydrogen (secondary N) is 1. The van der Waals surface area contributed by atoms with E-state index in [1.807, 2.05) is 6.92 Å². The molecule has 1 aliphatic carbocycles. The molecule has 2 rings (SSSR count). The molecule has 4 heteroatoms. The van der Waals surface area contributed by atoms with Crippen molar-refractivity contribution >= 4 is 5.82 Å². The Morgan fingerprint density at radius 1 is 1.41 bits per heavy atom. The van der Waals surface area contributed by atoms with Crippen LogP contribution in [0.15, 0.2) is 17.2 Å². The van der Waals surface area contributed by atoms with E-state index in [0.717, 1.165) is 18.8 Å². The third-order valence-corrected chi connectivity index (χ3v) is 3.61. The van der Waals surface area contributed by atoms with Crippen LogP contribution >= 0.6 is 0 Å². The molecule has 0 unspecified atom stereocenters. The van der Waals surface area contributed by atoms with Gasteiger partial charge in [-0.25, -0.2) is 4.98 Å². The average molecular weight is 235 g/mol. The molecule has 94 valence electrons. The number of aromatic nitrogens is 2. The number of rotatable bonds is 3. The zero-order valence-electron chi connectivity index (χ0n) is 10.6. The summed E-state index contributed by atoms with van der Waals surface area (Å²) in [4.78, 5) is 16.1. The first kappa shape index (κ1) is 12.1. The van der Waals surface area contributed by atoms with Crippen molar-refractivity contribution in [2.45, 2.75) is 52.1 Å². The van der Waals surface area contributed by atoms with Crippen LogP contribution in [0.1, 0.15) is 39.5 Å². The number of hydrogen-bond acceptors (Lipinski definition) is 3. The summed E-state index contributed by atoms with van der Waals surface area (Å²) in [6.07, 6.45) is 8.20. The lowest BCUT2D eigenvalue weighted by Gasteiger charge is -2.27. The maximum Gasteiger partial charge on any atom is 0.293 e. The highest BCUT2D eigenvalue weighted by atomic mass is 16.1. The van der Waals surface area contributed by atoms with Gasteiger partial charge in [-0.15, -0.1) is 0 Å². The average Bonchev–Trinajstić information content (AvgIpc) is 2.35. The summed E-state index contributed by atoms with van der Waals surface area (Å²) in [7, 11) is 0. The quantitative estimate of drug-likeness (QED) is 0.874. The third kappa shape index (κ3) is 2.87. The Hall–Kier alpha value is -1.32. The predicted molar refractivity (Wildman–Crippen MR) is 69.2 cm³/mol. The maximum absolute atomic E-state index is 12.0. The van der Waals surface area contributed by atoms with Crippen molar-refractivity contribution in [2.24, 2.45) is 5.92 Å². The van der Waals surface area contributed by atoms with Gasteiger partial charge in [-0.1, -0.05) is 6.92 Å². The van der Waals surface area contributed by atoms with E-state index in [0.29, 0.717) is 18.4 Å². The maximum atomic E-state index is 12.0. The third-order valence-electron chi connectivity index (χ3n) is 3.61. The summed E-state index contributed by atoms with van der Waals surface area (Å²) in [5.74, 6) is 1.33. The van der Waals surface area contributed by atoms with Crippen LogP contribution < -0.4 is 10.9 Å². The topological polar surface area (TPSA) is 46.9 Å². The number of anilines is 1. The molecule has 0 aromatic carbocycles. The molecule has 1 aliphatic rings. The molecule has 0 aliphatic heterocycles. The minimum Gasteiger partial charge on any atom is -0.363 e. The largest absolute Gasteiger partial charge is 0.363 e. The highest BCUT2D eigenvalue weighted by Crippen LogP contribution is 2.24. The fourth-order valence-corrected chi connectivity index (χ4v) is 2.39. The van der Waals surface area contributed by atoms with Crippen molar-refractivity contribution in [1.29, 1.82) is 0 Å². The summed E-state index contributed by atoms with van der Waals surface area (Å²) in [6, 6.07) is 0.416. The first-order valence-corrected chi connectivity index (χ1v) is 6.52. The summed E-state index contributed by atoms with van der Waals surface area (Å²) < 4.78 is 1.68. The van der Waals surface area contributed by atoms with E-state index in [1.54, 1.807) is 17.0 Å². The summed E-state index contributed by atoms with van der Waals surface area (Å²) in [6.45, 7) is 4.95. The Morgan fingerprint density at radius 3 is 2.76 bits per heavy atom. The van der Waals surface area contributed by atoms with Crippen LogP contribution in [0.25, 0.3) is 0 Å². The lowest BCUT2D eigenvalue weighted by atomic mass is 9.87. The Balaban J connectivity index is 2.06. The van der Waals surface area contributed by atoms with Gasteiger partial charge in [-0.05, 0) is 38.5 Å². The highest BCUT2D eigenvalue weighted by molar-refractivity contribution is 5.32. The molecular weight excluding hydrogens is 214 g/mol. The molecule has 1 saturated carbocycles. The van der Waals surface area contributed by atoms with Crippen molar-refractivity contribution < 1.29 is 0 Å². The predicted octanol–water partition coefficient (Wildman–Crippen LogP) is 2.25. The monoisotopic (exact) mass is 235 g/mol. The van der Waals surface area contributed by atoms with Crippen molar-refractivity contribution in [3.05, 3.63) is 22.7 Å². The van der Waals surface area contributed by atoms with Crippen molar-refractivity contribution in [1.82, 2.24) is 9.55 Å². The van der Waals surface area contributed by atoms with Crippen molar-refractivity contribution in [2.75, 3.05) is 5.32 Å². The van der Waals surface area contributed by atoms with Gasteiger partial charge in [-0.2, -0.15) is 0 Å². The molecule has 0 radical (unpaired) electrons. The van der Waals surface area contributed by atoms with Crippen LogP contribution in [0.2, 0.25) is 0 Å². The van der Waals surface area contributed by atoms with Crippen LogP contribution in [-0.4, -0.2) is 15.6 Å². The molecule has 0 atom stereocenters. The molecule has 1 N–H and O–H groups in total. The van der Waals surface area contributed by atoms with Gasteiger partial charge in [-0.3, -0.25) is 4.79 Å². The van der Waals surface area contributed by atoms with E-state index < -0.39 is 0 Å². The number of aryl methyl sites for hydroxylation is 1. The highest BCUT2D eigenvalue weighted by Gasteiger charge is 2.19. The van der Waals surface area contributed by atoms with Gasteiger partial charge in [0.15, 0.2) is 5.82 Å². The molecular formula is C13H21N3O. The minimum absolute atomic E-state index is 0.00591. The second-order valence-corrected chi connectivity index (χ2v) is 4.97. The van der Waals surface area contributed by atoms with E-state index in [-0.39, 0.29) is 5.56 Å². The normalized spacial score (nSPS) is 24.6. The molecule has 1 fully saturated rings. The van der Waals surface area contributed by atoms with E-state index in [2.05, 4.69) is 17.2 Å². The smallest absolute Gasteiger partial charge is 0.293 e. The van der Waals surface area contributed by atoms with E-state index in [9.17, 15) is 4.79 Å². The second kappa shape index (κ2) is 5.34. The Morgan fingerprint density at radius 2 is 2.12 bits per heavy atom. The molecule has 0 spiro atoms. The Bertz CT molecular complexity index is 419. The van der Waals surface area contributed by atoms with Crippen LogP contribution in [0.3, 0.4) is 0 Å². The molecule has 1 heterocycles. The van der Waals surface area contributed by atoms with Crippen LogP contribution in [0.4, 0.5) is 5.82 Å². The van der Waals surface area contributed by atoms with Crippen molar-refractivity contribution in [3.8, 4) is 0 Å². The van der Waals surface area contributed by atoms with E-state index >= 15 is 0 Å². The van der Waals surface area contributed by atoms with Gasteiger partial charge in [0.2, 0.25) is 0 Å². The molecule has 1 aromatic rings. The zero-order chi connectivity index (χ0) is 12.3. The SMILES string of the molecule is CCn1ccnc(NC2CCC(C)CC2)c1=O. The Labute approximate surface area is 102 Å². The van der Waals surface area contributed by atoms with Gasteiger partial charge >= 0.3 is 0 Å². The number of hydrogen-bond donors (Lipinski definition) is 1. The molecule has 4 nitrogen and oxygen atoms in total. The molecule has 0 bridgehead atoms. The van der Waals surface area contributed by atoms with Gasteiger partial charge in [0.1, 0.15) is 0 Å². The van der Waals surface area contributed by atoms with Gasteiger partial charge in [0, 0.05) is 25.0 Å². The van der Waals surface area contributed by atoms with E-state index in [4.69, 9.17) is 0 Å². The molecule has 0 saturated heterocycles. The summed E-state index contributed by atoms with van der Waals surface area (Å²) >= 11 is 0. The summed E-state index contributed by atoms with van der Waals surface area (Å²) in [5, 5.41) is 3.30. The minimum atomic E-state index is -0.00591. The van der Waals surface area contributed by atoms with Gasteiger partial charge < -0.3 is 9.88 Å².